The van der Waals surface area contributed by atoms with Crippen molar-refractivity contribution in [3.05, 3.63) is 11.7 Å². The smallest absolute Gasteiger partial charge is 0.229 e. The highest BCUT2D eigenvalue weighted by Crippen LogP contribution is 2.30. The van der Waals surface area contributed by atoms with Crippen LogP contribution in [-0.2, 0) is 15.9 Å². The maximum atomic E-state index is 5.67. The molecular weight excluding hydrogens is 210 g/mol. The third-order valence-electron chi connectivity index (χ3n) is 2.66. The summed E-state index contributed by atoms with van der Waals surface area (Å²) in [4.78, 5) is 4.27. The van der Waals surface area contributed by atoms with Crippen molar-refractivity contribution in [2.75, 3.05) is 20.3 Å². The molecule has 1 aliphatic rings. The second-order valence-corrected chi connectivity index (χ2v) is 3.85. The average molecular weight is 227 g/mol. The lowest BCUT2D eigenvalue weighted by Crippen LogP contribution is -2.19. The minimum atomic E-state index is -0.0615. The van der Waals surface area contributed by atoms with E-state index >= 15 is 0 Å². The normalized spacial score (nSPS) is 25.1. The first-order chi connectivity index (χ1) is 7.83. The van der Waals surface area contributed by atoms with Crippen molar-refractivity contribution in [2.24, 2.45) is 5.73 Å². The van der Waals surface area contributed by atoms with E-state index in [-0.39, 0.29) is 12.2 Å². The third-order valence-corrected chi connectivity index (χ3v) is 2.66. The summed E-state index contributed by atoms with van der Waals surface area (Å²) in [6.45, 7) is 1.13. The highest BCUT2D eigenvalue weighted by atomic mass is 16.5. The molecule has 0 spiro atoms. The van der Waals surface area contributed by atoms with Gasteiger partial charge in [-0.3, -0.25) is 0 Å². The fraction of sp³-hybridized carbons (Fsp3) is 0.800. The van der Waals surface area contributed by atoms with Gasteiger partial charge in [0, 0.05) is 13.7 Å². The summed E-state index contributed by atoms with van der Waals surface area (Å²) < 4.78 is 15.7. The number of hydrogen-bond acceptors (Lipinski definition) is 6. The molecule has 1 saturated heterocycles. The summed E-state index contributed by atoms with van der Waals surface area (Å²) in [6, 6.07) is 0. The number of methoxy groups -OCH3 is 1. The van der Waals surface area contributed by atoms with Crippen LogP contribution in [0, 0.1) is 0 Å². The van der Waals surface area contributed by atoms with Crippen molar-refractivity contribution in [1.82, 2.24) is 10.1 Å². The van der Waals surface area contributed by atoms with E-state index in [4.69, 9.17) is 19.7 Å². The van der Waals surface area contributed by atoms with Crippen LogP contribution < -0.4 is 5.73 Å². The van der Waals surface area contributed by atoms with E-state index in [0.29, 0.717) is 31.3 Å². The lowest BCUT2D eigenvalue weighted by molar-refractivity contribution is 0.0435. The Balaban J connectivity index is 1.92. The zero-order valence-corrected chi connectivity index (χ0v) is 9.39. The fourth-order valence-corrected chi connectivity index (χ4v) is 1.76. The molecule has 1 aromatic heterocycles. The molecule has 2 unspecified atom stereocenters. The molecule has 0 radical (unpaired) electrons. The van der Waals surface area contributed by atoms with Gasteiger partial charge in [-0.15, -0.1) is 0 Å². The Hall–Kier alpha value is -0.980. The van der Waals surface area contributed by atoms with E-state index in [1.54, 1.807) is 7.11 Å². The summed E-state index contributed by atoms with van der Waals surface area (Å²) in [5.41, 5.74) is 5.54. The van der Waals surface area contributed by atoms with Crippen LogP contribution >= 0.6 is 0 Å². The average Bonchev–Trinajstić information content (AvgIpc) is 2.94. The fourth-order valence-electron chi connectivity index (χ4n) is 1.76. The van der Waals surface area contributed by atoms with Gasteiger partial charge in [0.05, 0.1) is 19.1 Å². The predicted octanol–water partition coefficient (Wildman–Crippen LogP) is 0.437. The molecule has 0 aromatic carbocycles. The number of aromatic nitrogens is 2. The molecule has 0 amide bonds. The van der Waals surface area contributed by atoms with Gasteiger partial charge in [-0.2, -0.15) is 4.98 Å². The van der Waals surface area contributed by atoms with Crippen LogP contribution in [0.1, 0.15) is 30.7 Å². The second-order valence-electron chi connectivity index (χ2n) is 3.85. The van der Waals surface area contributed by atoms with Crippen molar-refractivity contribution in [2.45, 2.75) is 31.5 Å². The maximum absolute atomic E-state index is 5.67. The second kappa shape index (κ2) is 5.38. The topological polar surface area (TPSA) is 83.4 Å². The lowest BCUT2D eigenvalue weighted by atomic mass is 10.2. The van der Waals surface area contributed by atoms with Crippen LogP contribution in [-0.4, -0.2) is 36.5 Å². The van der Waals surface area contributed by atoms with Crippen LogP contribution in [0.2, 0.25) is 0 Å². The summed E-state index contributed by atoms with van der Waals surface area (Å²) in [6.07, 6.45) is 2.57. The highest BCUT2D eigenvalue weighted by Gasteiger charge is 2.29. The van der Waals surface area contributed by atoms with Gasteiger partial charge in [0.15, 0.2) is 0 Å². The number of ether oxygens (including phenoxy) is 2. The Morgan fingerprint density at radius 2 is 2.38 bits per heavy atom. The van der Waals surface area contributed by atoms with Crippen molar-refractivity contribution < 1.29 is 14.0 Å². The molecule has 0 aliphatic carbocycles. The molecule has 2 N–H and O–H groups in total. The summed E-state index contributed by atoms with van der Waals surface area (Å²) >= 11 is 0. The van der Waals surface area contributed by atoms with Crippen molar-refractivity contribution in [3.8, 4) is 0 Å². The maximum Gasteiger partial charge on any atom is 0.229 e. The van der Waals surface area contributed by atoms with Crippen molar-refractivity contribution in [1.29, 1.82) is 0 Å². The molecule has 1 aromatic rings. The highest BCUT2D eigenvalue weighted by molar-refractivity contribution is 4.94. The van der Waals surface area contributed by atoms with Crippen LogP contribution in [0.3, 0.4) is 0 Å². The molecular formula is C10H17N3O3. The van der Waals surface area contributed by atoms with Crippen molar-refractivity contribution >= 4 is 0 Å². The molecule has 6 heteroatoms. The molecule has 0 bridgehead atoms. The van der Waals surface area contributed by atoms with E-state index in [2.05, 4.69) is 10.1 Å². The Morgan fingerprint density at radius 1 is 1.50 bits per heavy atom. The summed E-state index contributed by atoms with van der Waals surface area (Å²) in [5.74, 6) is 1.22. The van der Waals surface area contributed by atoms with E-state index in [1.807, 2.05) is 0 Å². The SMILES string of the molecule is COCCc1nc(C2CCC(CN)O2)no1. The van der Waals surface area contributed by atoms with Crippen LogP contribution in [0.4, 0.5) is 0 Å². The van der Waals surface area contributed by atoms with E-state index < -0.39 is 0 Å². The van der Waals surface area contributed by atoms with Gasteiger partial charge < -0.3 is 19.7 Å². The monoisotopic (exact) mass is 227 g/mol. The van der Waals surface area contributed by atoms with Gasteiger partial charge in [0.1, 0.15) is 6.10 Å². The van der Waals surface area contributed by atoms with Crippen molar-refractivity contribution in [3.63, 3.8) is 0 Å². The van der Waals surface area contributed by atoms with Crippen LogP contribution in [0.25, 0.3) is 0 Å². The van der Waals surface area contributed by atoms with Crippen LogP contribution in [0.5, 0.6) is 0 Å². The third kappa shape index (κ3) is 2.58. The van der Waals surface area contributed by atoms with E-state index in [9.17, 15) is 0 Å². The minimum absolute atomic E-state index is 0.0615. The van der Waals surface area contributed by atoms with Gasteiger partial charge in [-0.05, 0) is 12.8 Å². The largest absolute Gasteiger partial charge is 0.384 e. The van der Waals surface area contributed by atoms with Gasteiger partial charge in [0.2, 0.25) is 11.7 Å². The number of nitrogens with zero attached hydrogens (tertiary/aromatic N) is 2. The zero-order chi connectivity index (χ0) is 11.4. The standard InChI is InChI=1S/C10H17N3O3/c1-14-5-4-9-12-10(13-16-9)8-3-2-7(6-11)15-8/h7-8H,2-6,11H2,1H3. The Labute approximate surface area is 94.1 Å². The molecule has 2 rings (SSSR count). The molecule has 2 heterocycles. The Bertz CT molecular complexity index is 329. The lowest BCUT2D eigenvalue weighted by Gasteiger charge is -2.07. The quantitative estimate of drug-likeness (QED) is 0.785. The molecule has 6 nitrogen and oxygen atoms in total. The van der Waals surface area contributed by atoms with Gasteiger partial charge >= 0.3 is 0 Å². The zero-order valence-electron chi connectivity index (χ0n) is 9.39. The molecule has 2 atom stereocenters. The van der Waals surface area contributed by atoms with Crippen LogP contribution in [0.15, 0.2) is 4.52 Å². The molecule has 16 heavy (non-hydrogen) atoms. The molecule has 90 valence electrons. The van der Waals surface area contributed by atoms with E-state index in [1.165, 1.54) is 0 Å². The number of nitrogens with two attached hydrogens (primary N) is 1. The van der Waals surface area contributed by atoms with Gasteiger partial charge in [0.25, 0.3) is 0 Å². The minimum Gasteiger partial charge on any atom is -0.384 e. The molecule has 1 fully saturated rings. The van der Waals surface area contributed by atoms with Gasteiger partial charge in [-0.1, -0.05) is 5.16 Å². The summed E-state index contributed by atoms with van der Waals surface area (Å²) in [5, 5.41) is 3.91. The predicted molar refractivity (Wildman–Crippen MR) is 55.8 cm³/mol. The first-order valence-corrected chi connectivity index (χ1v) is 5.50. The van der Waals surface area contributed by atoms with E-state index in [0.717, 1.165) is 12.8 Å². The summed E-state index contributed by atoms with van der Waals surface area (Å²) in [7, 11) is 1.64. The molecule has 1 aliphatic heterocycles. The first kappa shape index (κ1) is 11.5. The van der Waals surface area contributed by atoms with Gasteiger partial charge in [-0.25, -0.2) is 0 Å². The number of rotatable bonds is 5. The first-order valence-electron chi connectivity index (χ1n) is 5.50. The molecule has 0 saturated carbocycles. The number of hydrogen-bond donors (Lipinski definition) is 1. The Kier molecular flexibility index (Phi) is 3.87. The Morgan fingerprint density at radius 3 is 3.06 bits per heavy atom.